The lowest BCUT2D eigenvalue weighted by atomic mass is 10.2. The summed E-state index contributed by atoms with van der Waals surface area (Å²) in [6, 6.07) is 20.6. The Hall–Kier alpha value is -1.94. The standard InChI is InChI=1S/C20H26N2OS/c1-17(24-16-18-10-5-3-6-11-18)20(23)21-14-9-15-22(2)19-12-7-4-8-13-19/h3-8,10-13,17H,9,14-16H2,1-2H3,(H,21,23)/t17-/m1/s1. The molecule has 0 fully saturated rings. The highest BCUT2D eigenvalue weighted by Crippen LogP contribution is 2.17. The van der Waals surface area contributed by atoms with Crippen molar-refractivity contribution in [3.63, 3.8) is 0 Å². The zero-order valence-corrected chi connectivity index (χ0v) is 15.3. The smallest absolute Gasteiger partial charge is 0.232 e. The minimum atomic E-state index is -0.0305. The Morgan fingerprint density at radius 1 is 1.08 bits per heavy atom. The summed E-state index contributed by atoms with van der Waals surface area (Å²) in [5, 5.41) is 3.01. The van der Waals surface area contributed by atoms with Crippen molar-refractivity contribution in [3.05, 3.63) is 66.2 Å². The topological polar surface area (TPSA) is 32.3 Å². The lowest BCUT2D eigenvalue weighted by molar-refractivity contribution is -0.120. The number of nitrogens with zero attached hydrogens (tertiary/aromatic N) is 1. The van der Waals surface area contributed by atoms with E-state index in [4.69, 9.17) is 0 Å². The van der Waals surface area contributed by atoms with Crippen molar-refractivity contribution in [3.8, 4) is 0 Å². The molecule has 1 amide bonds. The number of thioether (sulfide) groups is 1. The molecule has 0 radical (unpaired) electrons. The SMILES string of the molecule is C[C@@H](SCc1ccccc1)C(=O)NCCCN(C)c1ccccc1. The van der Waals surface area contributed by atoms with E-state index in [0.717, 1.165) is 18.7 Å². The summed E-state index contributed by atoms with van der Waals surface area (Å²) >= 11 is 1.68. The first-order valence-electron chi connectivity index (χ1n) is 8.36. The summed E-state index contributed by atoms with van der Waals surface area (Å²) in [6.45, 7) is 3.61. The second kappa shape index (κ2) is 10.0. The second-order valence-corrected chi connectivity index (χ2v) is 7.17. The van der Waals surface area contributed by atoms with Crippen LogP contribution in [0.4, 0.5) is 5.69 Å². The van der Waals surface area contributed by atoms with E-state index in [0.29, 0.717) is 6.54 Å². The summed E-state index contributed by atoms with van der Waals surface area (Å²) in [7, 11) is 2.08. The fraction of sp³-hybridized carbons (Fsp3) is 0.350. The molecule has 0 saturated carbocycles. The average Bonchev–Trinajstić information content (AvgIpc) is 2.64. The van der Waals surface area contributed by atoms with E-state index in [1.54, 1.807) is 11.8 Å². The molecule has 3 nitrogen and oxygen atoms in total. The Balaban J connectivity index is 1.62. The number of nitrogens with one attached hydrogen (secondary N) is 1. The minimum absolute atomic E-state index is 0.0305. The summed E-state index contributed by atoms with van der Waals surface area (Å²) in [4.78, 5) is 14.3. The van der Waals surface area contributed by atoms with Gasteiger partial charge < -0.3 is 10.2 Å². The fourth-order valence-electron chi connectivity index (χ4n) is 2.35. The normalized spacial score (nSPS) is 11.8. The van der Waals surface area contributed by atoms with Gasteiger partial charge in [-0.05, 0) is 31.0 Å². The Kier molecular flexibility index (Phi) is 7.69. The molecule has 0 spiro atoms. The summed E-state index contributed by atoms with van der Waals surface area (Å²) in [5.74, 6) is 0.991. The number of para-hydroxylation sites is 1. The van der Waals surface area contributed by atoms with Crippen LogP contribution in [-0.2, 0) is 10.5 Å². The van der Waals surface area contributed by atoms with Crippen LogP contribution < -0.4 is 10.2 Å². The number of benzene rings is 2. The molecule has 4 heteroatoms. The highest BCUT2D eigenvalue weighted by atomic mass is 32.2. The van der Waals surface area contributed by atoms with Gasteiger partial charge in [-0.3, -0.25) is 4.79 Å². The lowest BCUT2D eigenvalue weighted by Crippen LogP contribution is -2.33. The zero-order valence-electron chi connectivity index (χ0n) is 14.4. The molecule has 0 heterocycles. The van der Waals surface area contributed by atoms with Crippen molar-refractivity contribution < 1.29 is 4.79 Å². The molecule has 2 aromatic rings. The number of amides is 1. The van der Waals surface area contributed by atoms with Crippen molar-refractivity contribution in [2.45, 2.75) is 24.3 Å². The maximum atomic E-state index is 12.1. The van der Waals surface area contributed by atoms with E-state index in [9.17, 15) is 4.79 Å². The van der Waals surface area contributed by atoms with Crippen LogP contribution in [-0.4, -0.2) is 31.3 Å². The minimum Gasteiger partial charge on any atom is -0.375 e. The maximum Gasteiger partial charge on any atom is 0.232 e. The van der Waals surface area contributed by atoms with Crippen LogP contribution in [0.25, 0.3) is 0 Å². The van der Waals surface area contributed by atoms with Gasteiger partial charge in [-0.2, -0.15) is 0 Å². The van der Waals surface area contributed by atoms with Gasteiger partial charge >= 0.3 is 0 Å². The van der Waals surface area contributed by atoms with Gasteiger partial charge in [0.1, 0.15) is 0 Å². The third-order valence-electron chi connectivity index (χ3n) is 3.88. The summed E-state index contributed by atoms with van der Waals surface area (Å²) in [6.07, 6.45) is 0.938. The molecule has 0 aliphatic carbocycles. The molecule has 0 aliphatic heterocycles. The second-order valence-electron chi connectivity index (χ2n) is 5.84. The van der Waals surface area contributed by atoms with Gasteiger partial charge in [0.15, 0.2) is 0 Å². The van der Waals surface area contributed by atoms with Crippen LogP contribution in [0, 0.1) is 0 Å². The molecule has 1 N–H and O–H groups in total. The highest BCUT2D eigenvalue weighted by Gasteiger charge is 2.12. The van der Waals surface area contributed by atoms with Gasteiger partial charge in [0.2, 0.25) is 5.91 Å². The fourth-order valence-corrected chi connectivity index (χ4v) is 3.22. The molecular weight excluding hydrogens is 316 g/mol. The molecule has 1 atom stereocenters. The van der Waals surface area contributed by atoms with Gasteiger partial charge in [0.05, 0.1) is 5.25 Å². The van der Waals surface area contributed by atoms with Crippen molar-refractivity contribution in [2.75, 3.05) is 25.0 Å². The van der Waals surface area contributed by atoms with Crippen molar-refractivity contribution in [2.24, 2.45) is 0 Å². The lowest BCUT2D eigenvalue weighted by Gasteiger charge is -2.19. The molecule has 0 aromatic heterocycles. The summed E-state index contributed by atoms with van der Waals surface area (Å²) < 4.78 is 0. The molecule has 0 unspecified atom stereocenters. The number of carbonyl (C=O) groups is 1. The van der Waals surface area contributed by atoms with E-state index in [1.165, 1.54) is 11.3 Å². The van der Waals surface area contributed by atoms with E-state index in [1.807, 2.05) is 43.3 Å². The van der Waals surface area contributed by atoms with Crippen LogP contribution in [0.1, 0.15) is 18.9 Å². The Bertz CT molecular complexity index is 604. The number of rotatable bonds is 9. The van der Waals surface area contributed by atoms with E-state index < -0.39 is 0 Å². The van der Waals surface area contributed by atoms with Gasteiger partial charge in [0.25, 0.3) is 0 Å². The van der Waals surface area contributed by atoms with E-state index >= 15 is 0 Å². The quantitative estimate of drug-likeness (QED) is 0.700. The third kappa shape index (κ3) is 6.28. The monoisotopic (exact) mass is 342 g/mol. The molecule has 2 aromatic carbocycles. The van der Waals surface area contributed by atoms with Crippen molar-refractivity contribution in [1.82, 2.24) is 5.32 Å². The van der Waals surface area contributed by atoms with Gasteiger partial charge in [-0.1, -0.05) is 48.5 Å². The van der Waals surface area contributed by atoms with E-state index in [2.05, 4.69) is 41.5 Å². The zero-order chi connectivity index (χ0) is 17.2. The van der Waals surface area contributed by atoms with Gasteiger partial charge in [0, 0.05) is 31.6 Å². The van der Waals surface area contributed by atoms with Crippen LogP contribution in [0.2, 0.25) is 0 Å². The Morgan fingerprint density at radius 3 is 2.38 bits per heavy atom. The predicted octanol–water partition coefficient (Wildman–Crippen LogP) is 3.95. The molecular formula is C20H26N2OS. The predicted molar refractivity (Wildman–Crippen MR) is 105 cm³/mol. The molecule has 128 valence electrons. The summed E-state index contributed by atoms with van der Waals surface area (Å²) in [5.41, 5.74) is 2.46. The molecule has 0 aliphatic rings. The highest BCUT2D eigenvalue weighted by molar-refractivity contribution is 7.99. The van der Waals surface area contributed by atoms with Crippen LogP contribution in [0.15, 0.2) is 60.7 Å². The third-order valence-corrected chi connectivity index (χ3v) is 5.09. The largest absolute Gasteiger partial charge is 0.375 e. The average molecular weight is 343 g/mol. The number of carbonyl (C=O) groups excluding carboxylic acids is 1. The van der Waals surface area contributed by atoms with Crippen LogP contribution in [0.5, 0.6) is 0 Å². The first kappa shape index (κ1) is 18.4. The first-order valence-corrected chi connectivity index (χ1v) is 9.41. The van der Waals surface area contributed by atoms with Crippen molar-refractivity contribution in [1.29, 1.82) is 0 Å². The molecule has 24 heavy (non-hydrogen) atoms. The maximum absolute atomic E-state index is 12.1. The Labute approximate surface area is 149 Å². The molecule has 0 bridgehead atoms. The number of hydrogen-bond donors (Lipinski definition) is 1. The molecule has 2 rings (SSSR count). The molecule has 0 saturated heterocycles. The Morgan fingerprint density at radius 2 is 1.71 bits per heavy atom. The first-order chi connectivity index (χ1) is 11.7. The van der Waals surface area contributed by atoms with Crippen LogP contribution in [0.3, 0.4) is 0 Å². The van der Waals surface area contributed by atoms with Crippen molar-refractivity contribution >= 4 is 23.4 Å². The number of hydrogen-bond acceptors (Lipinski definition) is 3. The van der Waals surface area contributed by atoms with Gasteiger partial charge in [-0.15, -0.1) is 11.8 Å². The van der Waals surface area contributed by atoms with E-state index in [-0.39, 0.29) is 11.2 Å². The van der Waals surface area contributed by atoms with Gasteiger partial charge in [-0.25, -0.2) is 0 Å². The van der Waals surface area contributed by atoms with Crippen LogP contribution >= 0.6 is 11.8 Å². The number of anilines is 1.